The quantitative estimate of drug-likeness (QED) is 0.479. The summed E-state index contributed by atoms with van der Waals surface area (Å²) in [5, 5.41) is 2.15. The molecule has 0 aliphatic heterocycles. The Morgan fingerprint density at radius 1 is 1.24 bits per heavy atom. The molecule has 0 spiro atoms. The van der Waals surface area contributed by atoms with Crippen molar-refractivity contribution in [1.29, 1.82) is 0 Å². The predicted molar refractivity (Wildman–Crippen MR) is 78.5 cm³/mol. The maximum Gasteiger partial charge on any atom is 0.00452 e. The van der Waals surface area contributed by atoms with Crippen molar-refractivity contribution in [2.45, 2.75) is 57.4 Å². The van der Waals surface area contributed by atoms with Crippen molar-refractivity contribution in [3.05, 3.63) is 35.0 Å². The van der Waals surface area contributed by atoms with Crippen molar-refractivity contribution < 1.29 is 0 Å². The Bertz CT molecular complexity index is 279. The number of rotatable bonds is 10. The Morgan fingerprint density at radius 2 is 2.06 bits per heavy atom. The highest BCUT2D eigenvalue weighted by molar-refractivity contribution is 7.09. The lowest BCUT2D eigenvalue weighted by molar-refractivity contribution is 0.511. The van der Waals surface area contributed by atoms with Gasteiger partial charge >= 0.3 is 0 Å². The number of allylic oxidation sites excluding steroid dienone is 1. The van der Waals surface area contributed by atoms with Crippen molar-refractivity contribution in [3.63, 3.8) is 0 Å². The molecule has 0 saturated heterocycles. The van der Waals surface area contributed by atoms with Crippen LogP contribution in [0, 0.1) is 0 Å². The minimum absolute atomic E-state index is 0.402. The molecule has 1 atom stereocenters. The summed E-state index contributed by atoms with van der Waals surface area (Å²) in [4.78, 5) is 1.49. The van der Waals surface area contributed by atoms with Crippen LogP contribution in [-0.4, -0.2) is 6.04 Å². The Morgan fingerprint density at radius 3 is 2.76 bits per heavy atom. The first-order valence-corrected chi connectivity index (χ1v) is 7.59. The maximum absolute atomic E-state index is 6.11. The van der Waals surface area contributed by atoms with Crippen LogP contribution in [-0.2, 0) is 6.42 Å². The average molecular weight is 251 g/mol. The fourth-order valence-electron chi connectivity index (χ4n) is 2.01. The smallest absolute Gasteiger partial charge is 0.00452 e. The van der Waals surface area contributed by atoms with E-state index >= 15 is 0 Å². The highest BCUT2D eigenvalue weighted by Gasteiger charge is 2.02. The van der Waals surface area contributed by atoms with Gasteiger partial charge in [-0.3, -0.25) is 0 Å². The summed E-state index contributed by atoms with van der Waals surface area (Å²) in [5.74, 6) is 0. The molecule has 96 valence electrons. The van der Waals surface area contributed by atoms with E-state index in [9.17, 15) is 0 Å². The largest absolute Gasteiger partial charge is 0.328 e. The molecule has 1 nitrogen and oxygen atoms in total. The summed E-state index contributed by atoms with van der Waals surface area (Å²) in [5.41, 5.74) is 6.11. The lowest BCUT2D eigenvalue weighted by Crippen LogP contribution is -2.19. The van der Waals surface area contributed by atoms with E-state index in [1.807, 2.05) is 17.4 Å². The molecule has 0 aliphatic carbocycles. The van der Waals surface area contributed by atoms with Crippen molar-refractivity contribution in [3.8, 4) is 0 Å². The van der Waals surface area contributed by atoms with E-state index in [0.717, 1.165) is 6.42 Å². The molecule has 0 fully saturated rings. The van der Waals surface area contributed by atoms with Crippen LogP contribution in [0.2, 0.25) is 0 Å². The third-order valence-corrected chi connectivity index (χ3v) is 4.00. The van der Waals surface area contributed by atoms with Crippen LogP contribution in [0.5, 0.6) is 0 Å². The van der Waals surface area contributed by atoms with E-state index in [4.69, 9.17) is 5.73 Å². The van der Waals surface area contributed by atoms with E-state index in [1.54, 1.807) is 0 Å². The fraction of sp³-hybridized carbons (Fsp3) is 0.600. The molecule has 1 aromatic heterocycles. The summed E-state index contributed by atoms with van der Waals surface area (Å²) in [7, 11) is 0. The maximum atomic E-state index is 6.11. The lowest BCUT2D eigenvalue weighted by Gasteiger charge is -2.10. The highest BCUT2D eigenvalue weighted by Crippen LogP contribution is 2.14. The van der Waals surface area contributed by atoms with E-state index in [-0.39, 0.29) is 0 Å². The summed E-state index contributed by atoms with van der Waals surface area (Å²) < 4.78 is 0. The monoisotopic (exact) mass is 251 g/mol. The molecule has 1 rings (SSSR count). The average Bonchev–Trinajstić information content (AvgIpc) is 2.82. The summed E-state index contributed by atoms with van der Waals surface area (Å²) in [6.07, 6.45) is 11.8. The van der Waals surface area contributed by atoms with Gasteiger partial charge in [0, 0.05) is 10.9 Å². The molecule has 2 N–H and O–H groups in total. The van der Waals surface area contributed by atoms with Crippen LogP contribution >= 0.6 is 11.3 Å². The van der Waals surface area contributed by atoms with Crippen molar-refractivity contribution in [1.82, 2.24) is 0 Å². The Hall–Kier alpha value is -0.600. The van der Waals surface area contributed by atoms with Crippen LogP contribution in [0.3, 0.4) is 0 Å². The highest BCUT2D eigenvalue weighted by atomic mass is 32.1. The Kier molecular flexibility index (Phi) is 8.02. The van der Waals surface area contributed by atoms with Gasteiger partial charge in [0.15, 0.2) is 0 Å². The van der Waals surface area contributed by atoms with Gasteiger partial charge in [-0.2, -0.15) is 0 Å². The number of hydrogen-bond donors (Lipinski definition) is 1. The number of unbranched alkanes of at least 4 members (excludes halogenated alkanes) is 3. The zero-order chi connectivity index (χ0) is 12.3. The Labute approximate surface area is 110 Å². The second kappa shape index (κ2) is 9.43. The number of aryl methyl sites for hydroxylation is 1. The minimum Gasteiger partial charge on any atom is -0.328 e. The molecule has 0 radical (unpaired) electrons. The molecular weight excluding hydrogens is 226 g/mol. The van der Waals surface area contributed by atoms with Crippen molar-refractivity contribution in [2.75, 3.05) is 0 Å². The van der Waals surface area contributed by atoms with E-state index in [1.165, 1.54) is 49.8 Å². The topological polar surface area (TPSA) is 26.0 Å². The summed E-state index contributed by atoms with van der Waals surface area (Å²) in [6, 6.07) is 4.74. The summed E-state index contributed by atoms with van der Waals surface area (Å²) in [6.45, 7) is 3.73. The fourth-order valence-corrected chi connectivity index (χ4v) is 2.76. The minimum atomic E-state index is 0.402. The SMILES string of the molecule is C=CCCCCCC(N)CCCc1cccs1. The number of hydrogen-bond acceptors (Lipinski definition) is 2. The van der Waals surface area contributed by atoms with Crippen molar-refractivity contribution in [2.24, 2.45) is 5.73 Å². The third kappa shape index (κ3) is 7.35. The van der Waals surface area contributed by atoms with Gasteiger partial charge in [0.05, 0.1) is 0 Å². The van der Waals surface area contributed by atoms with Crippen LogP contribution < -0.4 is 5.73 Å². The van der Waals surface area contributed by atoms with Gasteiger partial charge < -0.3 is 5.73 Å². The first-order chi connectivity index (χ1) is 8.33. The van der Waals surface area contributed by atoms with Gasteiger partial charge in [0.25, 0.3) is 0 Å². The molecule has 0 bridgehead atoms. The standard InChI is InChI=1S/C15H25NS/c1-2-3-4-5-6-9-14(16)10-7-11-15-12-8-13-17-15/h2,8,12-14H,1,3-7,9-11,16H2. The lowest BCUT2D eigenvalue weighted by atomic mass is 10.0. The number of thiophene rings is 1. The van der Waals surface area contributed by atoms with Crippen LogP contribution in [0.25, 0.3) is 0 Å². The van der Waals surface area contributed by atoms with Gasteiger partial charge in [-0.15, -0.1) is 17.9 Å². The zero-order valence-corrected chi connectivity index (χ0v) is 11.6. The molecule has 0 aliphatic rings. The first kappa shape index (κ1) is 14.5. The van der Waals surface area contributed by atoms with Gasteiger partial charge in [-0.25, -0.2) is 0 Å². The van der Waals surface area contributed by atoms with Gasteiger partial charge in [-0.1, -0.05) is 25.0 Å². The summed E-state index contributed by atoms with van der Waals surface area (Å²) >= 11 is 1.85. The molecule has 1 heterocycles. The molecule has 0 amide bonds. The van der Waals surface area contributed by atoms with Gasteiger partial charge in [0.2, 0.25) is 0 Å². The van der Waals surface area contributed by atoms with Crippen molar-refractivity contribution >= 4 is 11.3 Å². The van der Waals surface area contributed by atoms with E-state index in [0.29, 0.717) is 6.04 Å². The molecule has 2 heteroatoms. The molecule has 17 heavy (non-hydrogen) atoms. The molecule has 0 aromatic carbocycles. The molecule has 0 saturated carbocycles. The molecular formula is C15H25NS. The van der Waals surface area contributed by atoms with Crippen LogP contribution in [0.4, 0.5) is 0 Å². The second-order valence-corrected chi connectivity index (χ2v) is 5.69. The second-order valence-electron chi connectivity index (χ2n) is 4.66. The third-order valence-electron chi connectivity index (χ3n) is 3.06. The normalized spacial score (nSPS) is 12.5. The zero-order valence-electron chi connectivity index (χ0n) is 10.7. The Balaban J connectivity index is 1.94. The van der Waals surface area contributed by atoms with Crippen LogP contribution in [0.1, 0.15) is 49.8 Å². The van der Waals surface area contributed by atoms with Gasteiger partial charge in [0.1, 0.15) is 0 Å². The predicted octanol–water partition coefficient (Wildman–Crippen LogP) is 4.53. The van der Waals surface area contributed by atoms with Gasteiger partial charge in [-0.05, 0) is 50.0 Å². The van der Waals surface area contributed by atoms with E-state index in [2.05, 4.69) is 24.1 Å². The van der Waals surface area contributed by atoms with Crippen LogP contribution in [0.15, 0.2) is 30.2 Å². The first-order valence-electron chi connectivity index (χ1n) is 6.72. The molecule has 1 unspecified atom stereocenters. The molecule has 1 aromatic rings. The number of nitrogens with two attached hydrogens (primary N) is 1. The van der Waals surface area contributed by atoms with E-state index < -0.39 is 0 Å².